The third-order valence-corrected chi connectivity index (χ3v) is 3.80. The minimum Gasteiger partial charge on any atom is -0.318 e. The van der Waals surface area contributed by atoms with Crippen molar-refractivity contribution >= 4 is 11.0 Å². The first-order valence-corrected chi connectivity index (χ1v) is 6.41. The number of aromatic nitrogens is 2. The molecule has 5 nitrogen and oxygen atoms in total. The van der Waals surface area contributed by atoms with Gasteiger partial charge in [-0.1, -0.05) is 12.1 Å². The maximum absolute atomic E-state index is 12.1. The van der Waals surface area contributed by atoms with E-state index in [1.165, 1.54) is 0 Å². The fourth-order valence-electron chi connectivity index (χ4n) is 2.80. The Balaban J connectivity index is 1.95. The molecule has 0 unspecified atom stereocenters. The second kappa shape index (κ2) is 4.59. The van der Waals surface area contributed by atoms with E-state index in [1.54, 1.807) is 0 Å². The van der Waals surface area contributed by atoms with E-state index in [9.17, 15) is 4.79 Å². The average molecular weight is 246 g/mol. The van der Waals surface area contributed by atoms with Gasteiger partial charge in [-0.2, -0.15) is 0 Å². The van der Waals surface area contributed by atoms with Crippen molar-refractivity contribution < 1.29 is 0 Å². The average Bonchev–Trinajstić information content (AvgIpc) is 2.75. The number of rotatable bonds is 2. The molecule has 0 amide bonds. The number of hydrogen-bond acceptors (Lipinski definition) is 3. The van der Waals surface area contributed by atoms with Crippen LogP contribution in [0.1, 0.15) is 18.9 Å². The highest BCUT2D eigenvalue weighted by Gasteiger charge is 2.22. The molecule has 1 fully saturated rings. The Morgan fingerprint density at radius 2 is 2.00 bits per heavy atom. The lowest BCUT2D eigenvalue weighted by atomic mass is 10.1. The lowest BCUT2D eigenvalue weighted by Crippen LogP contribution is -2.39. The molecule has 18 heavy (non-hydrogen) atoms. The highest BCUT2D eigenvalue weighted by atomic mass is 16.1. The van der Waals surface area contributed by atoms with Gasteiger partial charge in [-0.05, 0) is 25.0 Å². The van der Waals surface area contributed by atoms with Crippen molar-refractivity contribution in [3.63, 3.8) is 0 Å². The van der Waals surface area contributed by atoms with Crippen molar-refractivity contribution in [3.8, 4) is 0 Å². The van der Waals surface area contributed by atoms with Gasteiger partial charge in [0.15, 0.2) is 0 Å². The lowest BCUT2D eigenvalue weighted by molar-refractivity contribution is 0.191. The van der Waals surface area contributed by atoms with Crippen LogP contribution in [0.4, 0.5) is 0 Å². The van der Waals surface area contributed by atoms with Crippen LogP contribution in [0.25, 0.3) is 11.0 Å². The minimum absolute atomic E-state index is 0.00222. The van der Waals surface area contributed by atoms with Crippen LogP contribution in [0.15, 0.2) is 29.1 Å². The predicted octanol–water partition coefficient (Wildman–Crippen LogP) is 0.883. The molecule has 1 aromatic heterocycles. The third-order valence-electron chi connectivity index (χ3n) is 3.80. The fourth-order valence-corrected chi connectivity index (χ4v) is 2.80. The van der Waals surface area contributed by atoms with Crippen molar-refractivity contribution in [2.24, 2.45) is 5.73 Å². The minimum atomic E-state index is 0.00222. The number of piperidine rings is 1. The lowest BCUT2D eigenvalue weighted by Gasteiger charge is -2.31. The molecular weight excluding hydrogens is 228 g/mol. The van der Waals surface area contributed by atoms with Crippen LogP contribution in [-0.2, 0) is 0 Å². The Morgan fingerprint density at radius 3 is 2.72 bits per heavy atom. The summed E-state index contributed by atoms with van der Waals surface area (Å²) in [6, 6.07) is 8.16. The largest absolute Gasteiger partial charge is 0.326 e. The zero-order valence-electron chi connectivity index (χ0n) is 10.3. The molecule has 1 aliphatic heterocycles. The standard InChI is InChI=1S/C13H18N4O/c14-9-16-7-5-10(6-8-16)17-12-4-2-1-3-11(12)15-13(17)18/h1-4,10H,5-9,14H2,(H,15,18). The summed E-state index contributed by atoms with van der Waals surface area (Å²) in [7, 11) is 0. The van der Waals surface area contributed by atoms with Crippen LogP contribution in [0.5, 0.6) is 0 Å². The number of fused-ring (bicyclic) bond motifs is 1. The van der Waals surface area contributed by atoms with Gasteiger partial charge < -0.3 is 10.7 Å². The normalized spacial score (nSPS) is 18.5. The maximum atomic E-state index is 12.1. The van der Waals surface area contributed by atoms with Gasteiger partial charge in [0.1, 0.15) is 0 Å². The van der Waals surface area contributed by atoms with E-state index in [1.807, 2.05) is 28.8 Å². The predicted molar refractivity (Wildman–Crippen MR) is 71.5 cm³/mol. The van der Waals surface area contributed by atoms with E-state index in [4.69, 9.17) is 5.73 Å². The molecule has 2 heterocycles. The summed E-state index contributed by atoms with van der Waals surface area (Å²) in [5.41, 5.74) is 7.57. The molecule has 1 saturated heterocycles. The van der Waals surface area contributed by atoms with E-state index in [0.29, 0.717) is 6.67 Å². The number of nitrogens with two attached hydrogens (primary N) is 1. The summed E-state index contributed by atoms with van der Waals surface area (Å²) in [6.45, 7) is 2.54. The highest BCUT2D eigenvalue weighted by molar-refractivity contribution is 5.75. The second-order valence-electron chi connectivity index (χ2n) is 4.85. The Bertz CT molecular complexity index is 592. The van der Waals surface area contributed by atoms with Crippen molar-refractivity contribution in [2.75, 3.05) is 19.8 Å². The summed E-state index contributed by atoms with van der Waals surface area (Å²) >= 11 is 0. The molecule has 0 bridgehead atoms. The van der Waals surface area contributed by atoms with E-state index in [-0.39, 0.29) is 11.7 Å². The molecule has 0 atom stereocenters. The second-order valence-corrected chi connectivity index (χ2v) is 4.85. The van der Waals surface area contributed by atoms with Crippen LogP contribution in [0, 0.1) is 0 Å². The van der Waals surface area contributed by atoms with E-state index in [0.717, 1.165) is 37.0 Å². The van der Waals surface area contributed by atoms with E-state index >= 15 is 0 Å². The molecule has 3 N–H and O–H groups in total. The van der Waals surface area contributed by atoms with E-state index in [2.05, 4.69) is 9.88 Å². The fraction of sp³-hybridized carbons (Fsp3) is 0.462. The van der Waals surface area contributed by atoms with Crippen LogP contribution >= 0.6 is 0 Å². The van der Waals surface area contributed by atoms with Crippen molar-refractivity contribution in [2.45, 2.75) is 18.9 Å². The number of imidazole rings is 1. The zero-order valence-corrected chi connectivity index (χ0v) is 10.3. The molecule has 96 valence electrons. The number of hydrogen-bond donors (Lipinski definition) is 2. The van der Waals surface area contributed by atoms with Gasteiger partial charge in [0, 0.05) is 25.8 Å². The molecule has 2 aromatic rings. The highest BCUT2D eigenvalue weighted by Crippen LogP contribution is 2.24. The Hall–Kier alpha value is -1.59. The van der Waals surface area contributed by atoms with Gasteiger partial charge in [-0.3, -0.25) is 9.47 Å². The molecule has 0 saturated carbocycles. The molecule has 0 spiro atoms. The zero-order chi connectivity index (χ0) is 12.5. The van der Waals surface area contributed by atoms with E-state index < -0.39 is 0 Å². The molecule has 0 aliphatic carbocycles. The van der Waals surface area contributed by atoms with Gasteiger partial charge in [-0.25, -0.2) is 4.79 Å². The number of para-hydroxylation sites is 2. The quantitative estimate of drug-likeness (QED) is 0.826. The Kier molecular flexibility index (Phi) is 2.93. The van der Waals surface area contributed by atoms with Crippen LogP contribution in [0.2, 0.25) is 0 Å². The Labute approximate surface area is 105 Å². The summed E-state index contributed by atoms with van der Waals surface area (Å²) < 4.78 is 1.91. The number of aromatic amines is 1. The van der Waals surface area contributed by atoms with Gasteiger partial charge in [0.2, 0.25) is 0 Å². The van der Waals surface area contributed by atoms with Gasteiger partial charge >= 0.3 is 5.69 Å². The topological polar surface area (TPSA) is 67.0 Å². The first-order valence-electron chi connectivity index (χ1n) is 6.41. The number of likely N-dealkylation sites (tertiary alicyclic amines) is 1. The molecule has 5 heteroatoms. The van der Waals surface area contributed by atoms with Crippen molar-refractivity contribution in [1.82, 2.24) is 14.5 Å². The molecule has 3 rings (SSSR count). The SMILES string of the molecule is NCN1CCC(n2c(=O)[nH]c3ccccc32)CC1. The number of benzene rings is 1. The molecule has 1 aromatic carbocycles. The summed E-state index contributed by atoms with van der Waals surface area (Å²) in [6.07, 6.45) is 1.97. The maximum Gasteiger partial charge on any atom is 0.326 e. The molecule has 0 radical (unpaired) electrons. The molecule has 1 aliphatic rings. The molecular formula is C13H18N4O. The van der Waals surface area contributed by atoms with Crippen LogP contribution < -0.4 is 11.4 Å². The van der Waals surface area contributed by atoms with Gasteiger partial charge in [-0.15, -0.1) is 0 Å². The first-order chi connectivity index (χ1) is 8.79. The van der Waals surface area contributed by atoms with Gasteiger partial charge in [0.05, 0.1) is 11.0 Å². The summed E-state index contributed by atoms with van der Waals surface area (Å²) in [5, 5.41) is 0. The number of nitrogens with one attached hydrogen (secondary N) is 1. The van der Waals surface area contributed by atoms with Crippen molar-refractivity contribution in [3.05, 3.63) is 34.7 Å². The first kappa shape index (κ1) is 11.5. The Morgan fingerprint density at radius 1 is 1.28 bits per heavy atom. The number of nitrogens with zero attached hydrogens (tertiary/aromatic N) is 2. The smallest absolute Gasteiger partial charge is 0.318 e. The van der Waals surface area contributed by atoms with Crippen LogP contribution in [-0.4, -0.2) is 34.2 Å². The van der Waals surface area contributed by atoms with Gasteiger partial charge in [0.25, 0.3) is 0 Å². The summed E-state index contributed by atoms with van der Waals surface area (Å²) in [4.78, 5) is 17.2. The monoisotopic (exact) mass is 246 g/mol. The number of H-pyrrole nitrogens is 1. The third kappa shape index (κ3) is 1.85. The summed E-state index contributed by atoms with van der Waals surface area (Å²) in [5.74, 6) is 0. The van der Waals surface area contributed by atoms with Crippen molar-refractivity contribution in [1.29, 1.82) is 0 Å². The van der Waals surface area contributed by atoms with Crippen LogP contribution in [0.3, 0.4) is 0 Å².